The van der Waals surface area contributed by atoms with E-state index in [1.807, 2.05) is 23.9 Å². The molecule has 0 bridgehead atoms. The van der Waals surface area contributed by atoms with E-state index < -0.39 is 4.92 Å². The average molecular weight is 320 g/mol. The third-order valence-electron chi connectivity index (χ3n) is 3.48. The van der Waals surface area contributed by atoms with E-state index in [9.17, 15) is 14.9 Å². The van der Waals surface area contributed by atoms with Crippen molar-refractivity contribution < 1.29 is 9.72 Å². The predicted molar refractivity (Wildman–Crippen MR) is 82.9 cm³/mol. The number of hydrogen-bond donors (Lipinski definition) is 1. The second kappa shape index (κ2) is 7.03. The number of amides is 1. The second-order valence-corrected chi connectivity index (χ2v) is 5.36. The van der Waals surface area contributed by atoms with Crippen LogP contribution in [0.25, 0.3) is 0 Å². The van der Waals surface area contributed by atoms with Crippen molar-refractivity contribution in [3.05, 3.63) is 39.5 Å². The third kappa shape index (κ3) is 4.15. The molecule has 0 radical (unpaired) electrons. The van der Waals surface area contributed by atoms with E-state index in [2.05, 4.69) is 15.5 Å². The Bertz CT molecular complexity index is 718. The van der Waals surface area contributed by atoms with Gasteiger partial charge in [0.1, 0.15) is 17.9 Å². The molecule has 1 amide bonds. The lowest BCUT2D eigenvalue weighted by Crippen LogP contribution is -2.29. The van der Waals surface area contributed by atoms with Gasteiger partial charge in [0.05, 0.1) is 10.6 Å². The summed E-state index contributed by atoms with van der Waals surface area (Å²) < 4.78 is 3.19. The average Bonchev–Trinajstić information content (AvgIpc) is 2.99. The first-order valence-electron chi connectivity index (χ1n) is 7.33. The van der Waals surface area contributed by atoms with Crippen LogP contribution in [0, 0.1) is 30.9 Å². The molecule has 2 aromatic rings. The highest BCUT2D eigenvalue weighted by Gasteiger charge is 2.22. The molecule has 0 aliphatic rings. The van der Waals surface area contributed by atoms with Crippen molar-refractivity contribution in [3.63, 3.8) is 0 Å². The Morgan fingerprint density at radius 1 is 1.35 bits per heavy atom. The van der Waals surface area contributed by atoms with Crippen LogP contribution in [-0.4, -0.2) is 36.9 Å². The van der Waals surface area contributed by atoms with Crippen molar-refractivity contribution in [2.45, 2.75) is 40.3 Å². The summed E-state index contributed by atoms with van der Waals surface area (Å²) in [5.41, 5.74) is 1.62. The van der Waals surface area contributed by atoms with Crippen LogP contribution in [0.2, 0.25) is 0 Å². The molecule has 0 fully saturated rings. The van der Waals surface area contributed by atoms with Gasteiger partial charge in [-0.15, -0.1) is 0 Å². The summed E-state index contributed by atoms with van der Waals surface area (Å²) in [6.45, 7) is 6.28. The van der Waals surface area contributed by atoms with Crippen LogP contribution in [-0.2, 0) is 17.9 Å². The zero-order valence-corrected chi connectivity index (χ0v) is 13.4. The summed E-state index contributed by atoms with van der Waals surface area (Å²) >= 11 is 0. The number of nitrogens with one attached hydrogen (secondary N) is 1. The van der Waals surface area contributed by atoms with Crippen LogP contribution in [0.15, 0.2) is 12.3 Å². The van der Waals surface area contributed by atoms with Gasteiger partial charge in [-0.2, -0.15) is 10.2 Å². The Labute approximate surface area is 133 Å². The quantitative estimate of drug-likeness (QED) is 0.467. The summed E-state index contributed by atoms with van der Waals surface area (Å²) in [4.78, 5) is 22.4. The van der Waals surface area contributed by atoms with E-state index in [0.717, 1.165) is 18.7 Å². The van der Waals surface area contributed by atoms with Gasteiger partial charge in [-0.05, 0) is 33.3 Å². The number of hydrogen-bond acceptors (Lipinski definition) is 5. The van der Waals surface area contributed by atoms with Crippen LogP contribution in [0.4, 0.5) is 5.69 Å². The Morgan fingerprint density at radius 2 is 2.09 bits per heavy atom. The summed E-state index contributed by atoms with van der Waals surface area (Å²) in [6.07, 6.45) is 2.65. The van der Waals surface area contributed by atoms with Gasteiger partial charge in [-0.25, -0.2) is 0 Å². The smallest absolute Gasteiger partial charge is 0.312 e. The number of carbonyl (C=O) groups is 1. The first kappa shape index (κ1) is 16.7. The van der Waals surface area contributed by atoms with E-state index in [0.29, 0.717) is 17.9 Å². The summed E-state index contributed by atoms with van der Waals surface area (Å²) in [5.74, 6) is -0.220. The van der Waals surface area contributed by atoms with Crippen molar-refractivity contribution in [1.29, 1.82) is 0 Å². The highest BCUT2D eigenvalue weighted by atomic mass is 16.6. The Kier molecular flexibility index (Phi) is 5.09. The second-order valence-electron chi connectivity index (χ2n) is 5.36. The van der Waals surface area contributed by atoms with Gasteiger partial charge < -0.3 is 5.32 Å². The van der Waals surface area contributed by atoms with Gasteiger partial charge in [0.15, 0.2) is 0 Å². The Hall–Kier alpha value is -2.71. The molecular weight excluding hydrogens is 300 g/mol. The summed E-state index contributed by atoms with van der Waals surface area (Å²) in [6, 6.07) is 1.92. The predicted octanol–water partition coefficient (Wildman–Crippen LogP) is 1.12. The van der Waals surface area contributed by atoms with Gasteiger partial charge in [0, 0.05) is 19.3 Å². The van der Waals surface area contributed by atoms with E-state index in [-0.39, 0.29) is 18.1 Å². The molecule has 0 unspecified atom stereocenters. The van der Waals surface area contributed by atoms with E-state index in [1.54, 1.807) is 13.8 Å². The van der Waals surface area contributed by atoms with Crippen molar-refractivity contribution in [3.8, 4) is 0 Å². The topological polar surface area (TPSA) is 108 Å². The summed E-state index contributed by atoms with van der Waals surface area (Å²) in [5, 5.41) is 22.0. The van der Waals surface area contributed by atoms with Gasteiger partial charge in [0.25, 0.3) is 0 Å². The molecule has 0 saturated heterocycles. The van der Waals surface area contributed by atoms with Gasteiger partial charge in [-0.1, -0.05) is 0 Å². The molecule has 0 atom stereocenters. The SMILES string of the molecule is Cc1ccn(CCCNC(=O)Cn2nc(C)c([N+](=O)[O-])c2C)n1. The number of nitro groups is 1. The van der Waals surface area contributed by atoms with Crippen LogP contribution in [0.1, 0.15) is 23.5 Å². The van der Waals surface area contributed by atoms with Gasteiger partial charge >= 0.3 is 5.69 Å². The standard InChI is InChI=1S/C14H20N6O3/c1-10-5-8-18(16-10)7-4-6-15-13(21)9-19-12(3)14(20(22)23)11(2)17-19/h5,8H,4,6-7,9H2,1-3H3,(H,15,21). The van der Waals surface area contributed by atoms with Crippen molar-refractivity contribution in [1.82, 2.24) is 24.9 Å². The lowest BCUT2D eigenvalue weighted by atomic mass is 10.3. The molecule has 0 aliphatic heterocycles. The minimum Gasteiger partial charge on any atom is -0.354 e. The minimum atomic E-state index is -0.474. The molecule has 23 heavy (non-hydrogen) atoms. The molecule has 0 aromatic carbocycles. The van der Waals surface area contributed by atoms with Gasteiger partial charge in [0.2, 0.25) is 5.91 Å². The van der Waals surface area contributed by atoms with E-state index >= 15 is 0 Å². The maximum atomic E-state index is 11.9. The van der Waals surface area contributed by atoms with Crippen molar-refractivity contribution in [2.75, 3.05) is 6.54 Å². The van der Waals surface area contributed by atoms with E-state index in [4.69, 9.17) is 0 Å². The largest absolute Gasteiger partial charge is 0.354 e. The molecule has 0 saturated carbocycles. The molecule has 1 N–H and O–H groups in total. The van der Waals surface area contributed by atoms with Crippen LogP contribution in [0.5, 0.6) is 0 Å². The molecule has 2 aromatic heterocycles. The molecule has 2 rings (SSSR count). The highest BCUT2D eigenvalue weighted by molar-refractivity contribution is 5.75. The number of rotatable bonds is 7. The first-order chi connectivity index (χ1) is 10.9. The van der Waals surface area contributed by atoms with Crippen LogP contribution in [0.3, 0.4) is 0 Å². The zero-order chi connectivity index (χ0) is 17.0. The fraction of sp³-hybridized carbons (Fsp3) is 0.500. The normalized spacial score (nSPS) is 10.7. The molecule has 2 heterocycles. The monoisotopic (exact) mass is 320 g/mol. The van der Waals surface area contributed by atoms with Gasteiger partial charge in [-0.3, -0.25) is 24.3 Å². The Morgan fingerprint density at radius 3 is 2.65 bits per heavy atom. The maximum absolute atomic E-state index is 11.9. The summed E-state index contributed by atoms with van der Waals surface area (Å²) in [7, 11) is 0. The number of nitrogens with zero attached hydrogens (tertiary/aromatic N) is 5. The number of aryl methyl sites for hydroxylation is 3. The first-order valence-corrected chi connectivity index (χ1v) is 7.33. The lowest BCUT2D eigenvalue weighted by molar-refractivity contribution is -0.386. The molecule has 124 valence electrons. The fourth-order valence-corrected chi connectivity index (χ4v) is 2.35. The number of aromatic nitrogens is 4. The van der Waals surface area contributed by atoms with Crippen LogP contribution < -0.4 is 5.32 Å². The fourth-order valence-electron chi connectivity index (χ4n) is 2.35. The molecular formula is C14H20N6O3. The third-order valence-corrected chi connectivity index (χ3v) is 3.48. The molecule has 0 aliphatic carbocycles. The Balaban J connectivity index is 1.81. The number of carbonyl (C=O) groups excluding carboxylic acids is 1. The lowest BCUT2D eigenvalue weighted by Gasteiger charge is -2.06. The molecule has 9 heteroatoms. The molecule has 0 spiro atoms. The highest BCUT2D eigenvalue weighted by Crippen LogP contribution is 2.21. The van der Waals surface area contributed by atoms with Crippen molar-refractivity contribution >= 4 is 11.6 Å². The minimum absolute atomic E-state index is 0.0264. The van der Waals surface area contributed by atoms with Crippen molar-refractivity contribution in [2.24, 2.45) is 0 Å². The maximum Gasteiger partial charge on any atom is 0.312 e. The van der Waals surface area contributed by atoms with Crippen LogP contribution >= 0.6 is 0 Å². The zero-order valence-electron chi connectivity index (χ0n) is 13.4. The van der Waals surface area contributed by atoms with E-state index in [1.165, 1.54) is 4.68 Å². The molecule has 9 nitrogen and oxygen atoms in total.